The summed E-state index contributed by atoms with van der Waals surface area (Å²) < 4.78 is 0. The van der Waals surface area contributed by atoms with Crippen molar-refractivity contribution >= 4 is 11.8 Å². The van der Waals surface area contributed by atoms with Crippen LogP contribution in [0.15, 0.2) is 0 Å². The van der Waals surface area contributed by atoms with Gasteiger partial charge in [0, 0.05) is 35.7 Å². The molecule has 1 heterocycles. The number of nitrogens with zero attached hydrogens (tertiary/aromatic N) is 1. The van der Waals surface area contributed by atoms with E-state index in [-0.39, 0.29) is 5.54 Å². The third-order valence-corrected chi connectivity index (χ3v) is 5.62. The van der Waals surface area contributed by atoms with Crippen molar-refractivity contribution in [2.75, 3.05) is 18.8 Å². The van der Waals surface area contributed by atoms with E-state index in [2.05, 4.69) is 51.3 Å². The van der Waals surface area contributed by atoms with Crippen LogP contribution in [-0.4, -0.2) is 40.6 Å². The Morgan fingerprint density at radius 3 is 2.59 bits per heavy atom. The van der Waals surface area contributed by atoms with E-state index >= 15 is 0 Å². The third-order valence-electron chi connectivity index (χ3n) is 4.28. The highest BCUT2D eigenvalue weighted by atomic mass is 32.2. The molecule has 0 saturated carbocycles. The molecule has 3 heteroatoms. The van der Waals surface area contributed by atoms with Crippen LogP contribution in [0.25, 0.3) is 0 Å². The Bertz CT molecular complexity index is 232. The Hall–Kier alpha value is 0.270. The molecular weight excluding hydrogens is 228 g/mol. The molecule has 0 aromatic carbocycles. The summed E-state index contributed by atoms with van der Waals surface area (Å²) in [4.78, 5) is 2.66. The monoisotopic (exact) mass is 258 g/mol. The molecule has 3 unspecified atom stereocenters. The van der Waals surface area contributed by atoms with Crippen LogP contribution in [0.4, 0.5) is 0 Å². The van der Waals surface area contributed by atoms with Gasteiger partial charge >= 0.3 is 0 Å². The maximum atomic E-state index is 6.08. The normalized spacial score (nSPS) is 30.5. The van der Waals surface area contributed by atoms with E-state index in [4.69, 9.17) is 5.73 Å². The van der Waals surface area contributed by atoms with Crippen molar-refractivity contribution in [3.8, 4) is 0 Å². The quantitative estimate of drug-likeness (QED) is 0.822. The second-order valence-electron chi connectivity index (χ2n) is 6.14. The lowest BCUT2D eigenvalue weighted by atomic mass is 9.88. The van der Waals surface area contributed by atoms with E-state index in [0.717, 1.165) is 17.7 Å². The van der Waals surface area contributed by atoms with Gasteiger partial charge in [-0.15, -0.1) is 0 Å². The predicted octanol–water partition coefficient (Wildman–Crippen LogP) is 2.97. The summed E-state index contributed by atoms with van der Waals surface area (Å²) in [7, 11) is 0. The minimum absolute atomic E-state index is 0.193. The minimum atomic E-state index is 0.193. The van der Waals surface area contributed by atoms with E-state index in [1.807, 2.05) is 0 Å². The molecule has 1 aliphatic rings. The van der Waals surface area contributed by atoms with Crippen molar-refractivity contribution in [2.45, 2.75) is 64.3 Å². The van der Waals surface area contributed by atoms with Crippen LogP contribution in [0.1, 0.15) is 47.5 Å². The molecule has 0 spiro atoms. The van der Waals surface area contributed by atoms with E-state index in [9.17, 15) is 0 Å². The van der Waals surface area contributed by atoms with Crippen molar-refractivity contribution in [2.24, 2.45) is 11.7 Å². The van der Waals surface area contributed by atoms with Crippen LogP contribution in [0, 0.1) is 5.92 Å². The fourth-order valence-electron chi connectivity index (χ4n) is 2.66. The molecule has 3 atom stereocenters. The van der Waals surface area contributed by atoms with Gasteiger partial charge in [0.1, 0.15) is 0 Å². The highest BCUT2D eigenvalue weighted by Crippen LogP contribution is 2.32. The van der Waals surface area contributed by atoms with Gasteiger partial charge in [0.25, 0.3) is 0 Å². The van der Waals surface area contributed by atoms with Crippen LogP contribution in [0.5, 0.6) is 0 Å². The molecule has 102 valence electrons. The van der Waals surface area contributed by atoms with Crippen molar-refractivity contribution in [3.63, 3.8) is 0 Å². The van der Waals surface area contributed by atoms with E-state index in [1.54, 1.807) is 0 Å². The molecule has 0 bridgehead atoms. The molecule has 2 N–H and O–H groups in total. The lowest BCUT2D eigenvalue weighted by molar-refractivity contribution is 0.0599. The fraction of sp³-hybridized carbons (Fsp3) is 1.00. The largest absolute Gasteiger partial charge is 0.329 e. The first kappa shape index (κ1) is 15.3. The molecule has 1 fully saturated rings. The summed E-state index contributed by atoms with van der Waals surface area (Å²) in [5.74, 6) is 2.02. The van der Waals surface area contributed by atoms with Gasteiger partial charge in [-0.05, 0) is 32.6 Å². The van der Waals surface area contributed by atoms with Crippen LogP contribution >= 0.6 is 11.8 Å². The van der Waals surface area contributed by atoms with Crippen molar-refractivity contribution in [1.82, 2.24) is 4.90 Å². The molecule has 0 aliphatic carbocycles. The molecule has 0 aromatic heterocycles. The zero-order valence-corrected chi connectivity index (χ0v) is 13.0. The molecule has 1 aliphatic heterocycles. The Morgan fingerprint density at radius 1 is 1.41 bits per heavy atom. The summed E-state index contributed by atoms with van der Waals surface area (Å²) in [5.41, 5.74) is 6.28. The van der Waals surface area contributed by atoms with E-state index in [0.29, 0.717) is 6.04 Å². The van der Waals surface area contributed by atoms with Crippen molar-refractivity contribution in [3.05, 3.63) is 0 Å². The van der Waals surface area contributed by atoms with E-state index < -0.39 is 0 Å². The molecule has 0 aromatic rings. The zero-order valence-electron chi connectivity index (χ0n) is 12.2. The van der Waals surface area contributed by atoms with Gasteiger partial charge in [-0.1, -0.05) is 20.8 Å². The highest BCUT2D eigenvalue weighted by molar-refractivity contribution is 8.00. The van der Waals surface area contributed by atoms with Gasteiger partial charge in [0.2, 0.25) is 0 Å². The lowest BCUT2D eigenvalue weighted by Crippen LogP contribution is -2.59. The maximum absolute atomic E-state index is 6.08. The average molecular weight is 258 g/mol. The van der Waals surface area contributed by atoms with Gasteiger partial charge in [-0.2, -0.15) is 11.8 Å². The first-order chi connectivity index (χ1) is 7.90. The number of nitrogens with two attached hydrogens (primary N) is 1. The Morgan fingerprint density at radius 2 is 2.06 bits per heavy atom. The molecular formula is C14H30N2S. The topological polar surface area (TPSA) is 29.3 Å². The first-order valence-corrected chi connectivity index (χ1v) is 8.04. The number of thioether (sulfide) groups is 1. The number of hydrogen-bond acceptors (Lipinski definition) is 3. The summed E-state index contributed by atoms with van der Waals surface area (Å²) in [6.45, 7) is 13.6. The maximum Gasteiger partial charge on any atom is 0.0307 e. The summed E-state index contributed by atoms with van der Waals surface area (Å²) in [5, 5.41) is 0.730. The Kier molecular flexibility index (Phi) is 5.81. The molecule has 0 amide bonds. The third kappa shape index (κ3) is 3.87. The average Bonchev–Trinajstić information content (AvgIpc) is 2.29. The summed E-state index contributed by atoms with van der Waals surface area (Å²) in [6.07, 6.45) is 2.50. The SMILES string of the molecule is CC(C)CCC(C)(CN)N1CCSC(C)C1C. The Balaban J connectivity index is 2.69. The van der Waals surface area contributed by atoms with Crippen molar-refractivity contribution < 1.29 is 0 Å². The van der Waals surface area contributed by atoms with Crippen LogP contribution in [-0.2, 0) is 0 Å². The molecule has 0 radical (unpaired) electrons. The fourth-order valence-corrected chi connectivity index (χ4v) is 3.76. The van der Waals surface area contributed by atoms with Crippen LogP contribution in [0.2, 0.25) is 0 Å². The highest BCUT2D eigenvalue weighted by Gasteiger charge is 2.37. The molecule has 1 rings (SSSR count). The van der Waals surface area contributed by atoms with Gasteiger partial charge in [0.15, 0.2) is 0 Å². The summed E-state index contributed by atoms with van der Waals surface area (Å²) >= 11 is 2.10. The molecule has 17 heavy (non-hydrogen) atoms. The first-order valence-electron chi connectivity index (χ1n) is 6.99. The Labute approximate surface area is 112 Å². The van der Waals surface area contributed by atoms with Crippen LogP contribution in [0.3, 0.4) is 0 Å². The van der Waals surface area contributed by atoms with Gasteiger partial charge in [0.05, 0.1) is 0 Å². The molecule has 2 nitrogen and oxygen atoms in total. The number of rotatable bonds is 5. The smallest absolute Gasteiger partial charge is 0.0307 e. The number of hydrogen-bond donors (Lipinski definition) is 1. The zero-order chi connectivity index (χ0) is 13.1. The van der Waals surface area contributed by atoms with E-state index in [1.165, 1.54) is 25.1 Å². The van der Waals surface area contributed by atoms with Gasteiger partial charge < -0.3 is 5.73 Å². The van der Waals surface area contributed by atoms with Gasteiger partial charge in [-0.25, -0.2) is 0 Å². The predicted molar refractivity (Wildman–Crippen MR) is 79.6 cm³/mol. The second-order valence-corrected chi connectivity index (χ2v) is 7.63. The second kappa shape index (κ2) is 6.44. The lowest BCUT2D eigenvalue weighted by Gasteiger charge is -2.49. The minimum Gasteiger partial charge on any atom is -0.329 e. The van der Waals surface area contributed by atoms with Crippen LogP contribution < -0.4 is 5.73 Å². The van der Waals surface area contributed by atoms with Crippen molar-refractivity contribution in [1.29, 1.82) is 0 Å². The standard InChI is InChI=1S/C14H30N2S/c1-11(2)6-7-14(5,10-15)16-8-9-17-13(4)12(16)3/h11-13H,6-10,15H2,1-5H3. The summed E-state index contributed by atoms with van der Waals surface area (Å²) in [6, 6.07) is 0.648. The van der Waals surface area contributed by atoms with Gasteiger partial charge in [-0.3, -0.25) is 4.90 Å². The molecule has 1 saturated heterocycles.